The molecule has 4 fully saturated rings. The molecule has 0 spiro atoms. The molecule has 17 heavy (non-hydrogen) atoms. The van der Waals surface area contributed by atoms with Crippen LogP contribution in [0.5, 0.6) is 0 Å². The molecule has 4 aliphatic rings. The van der Waals surface area contributed by atoms with Crippen molar-refractivity contribution < 1.29 is 0 Å². The Morgan fingerprint density at radius 3 is 2.06 bits per heavy atom. The second kappa shape index (κ2) is 3.90. The second-order valence-corrected chi connectivity index (χ2v) is 7.58. The average molecular weight is 250 g/mol. The number of nitriles is 1. The highest BCUT2D eigenvalue weighted by Gasteiger charge is 2.59. The summed E-state index contributed by atoms with van der Waals surface area (Å²) in [5.41, 5.74) is 6.10. The zero-order valence-electron chi connectivity index (χ0n) is 10.6. The molecule has 4 bridgehead atoms. The normalized spacial score (nSPS) is 46.5. The molecule has 4 aliphatic carbocycles. The third-order valence-electron chi connectivity index (χ3n) is 5.56. The summed E-state index contributed by atoms with van der Waals surface area (Å²) >= 11 is 1.73. The van der Waals surface area contributed by atoms with Crippen molar-refractivity contribution in [3.8, 4) is 6.07 Å². The first-order valence-electron chi connectivity index (χ1n) is 6.80. The maximum Gasteiger partial charge on any atom is 0.119 e. The van der Waals surface area contributed by atoms with E-state index in [4.69, 9.17) is 5.73 Å². The first-order chi connectivity index (χ1) is 8.11. The fraction of sp³-hybridized carbons (Fsp3) is 0.929. The van der Waals surface area contributed by atoms with Crippen LogP contribution in [0.3, 0.4) is 0 Å². The van der Waals surface area contributed by atoms with Gasteiger partial charge in [-0.05, 0) is 62.5 Å². The van der Waals surface area contributed by atoms with Gasteiger partial charge in [-0.2, -0.15) is 17.0 Å². The highest BCUT2D eigenvalue weighted by Crippen LogP contribution is 2.63. The minimum atomic E-state index is -0.581. The molecule has 0 aromatic carbocycles. The van der Waals surface area contributed by atoms with Crippen LogP contribution in [-0.2, 0) is 0 Å². The molecule has 0 radical (unpaired) electrons. The maximum atomic E-state index is 9.59. The Morgan fingerprint density at radius 2 is 1.71 bits per heavy atom. The van der Waals surface area contributed by atoms with Crippen LogP contribution in [-0.4, -0.2) is 17.5 Å². The zero-order chi connectivity index (χ0) is 12.1. The molecule has 94 valence electrons. The van der Waals surface area contributed by atoms with E-state index < -0.39 is 5.54 Å². The van der Waals surface area contributed by atoms with Gasteiger partial charge in [-0.25, -0.2) is 0 Å². The average Bonchev–Trinajstić information content (AvgIpc) is 2.27. The van der Waals surface area contributed by atoms with Crippen LogP contribution in [0.2, 0.25) is 0 Å². The molecule has 0 aliphatic heterocycles. The zero-order valence-corrected chi connectivity index (χ0v) is 11.4. The molecule has 0 heterocycles. The van der Waals surface area contributed by atoms with Gasteiger partial charge < -0.3 is 5.73 Å². The van der Waals surface area contributed by atoms with Crippen molar-refractivity contribution in [3.63, 3.8) is 0 Å². The van der Waals surface area contributed by atoms with Crippen LogP contribution in [0.15, 0.2) is 0 Å². The van der Waals surface area contributed by atoms with Crippen molar-refractivity contribution in [2.75, 3.05) is 12.0 Å². The minimum absolute atomic E-state index is 0.152. The summed E-state index contributed by atoms with van der Waals surface area (Å²) in [6.07, 6.45) is 10.00. The van der Waals surface area contributed by atoms with Crippen molar-refractivity contribution in [2.24, 2.45) is 28.9 Å². The topological polar surface area (TPSA) is 49.8 Å². The number of hydrogen-bond donors (Lipinski definition) is 1. The first kappa shape index (κ1) is 11.9. The lowest BCUT2D eigenvalue weighted by Crippen LogP contribution is -2.63. The Balaban J connectivity index is 1.93. The number of nitrogens with two attached hydrogens (primary N) is 1. The second-order valence-electron chi connectivity index (χ2n) is 6.71. The quantitative estimate of drug-likeness (QED) is 0.838. The van der Waals surface area contributed by atoms with E-state index in [2.05, 4.69) is 12.3 Å². The van der Waals surface area contributed by atoms with Crippen LogP contribution in [0.25, 0.3) is 0 Å². The lowest BCUT2D eigenvalue weighted by Gasteiger charge is -2.61. The van der Waals surface area contributed by atoms with Crippen LogP contribution in [0.1, 0.15) is 38.5 Å². The molecule has 4 rings (SSSR count). The molecule has 2 nitrogen and oxygen atoms in total. The van der Waals surface area contributed by atoms with Crippen LogP contribution < -0.4 is 5.73 Å². The van der Waals surface area contributed by atoms with Gasteiger partial charge in [-0.15, -0.1) is 0 Å². The van der Waals surface area contributed by atoms with E-state index in [-0.39, 0.29) is 5.41 Å². The monoisotopic (exact) mass is 250 g/mol. The fourth-order valence-corrected chi connectivity index (χ4v) is 6.01. The highest BCUT2D eigenvalue weighted by molar-refractivity contribution is 7.98. The standard InChI is InChI=1S/C14H22N2S/c1-17-9-14(16,8-15)13-5-10-2-11(6-13)4-12(3-10)7-13/h10-12H,2-7,9,16H2,1H3. The molecule has 0 saturated heterocycles. The summed E-state index contributed by atoms with van der Waals surface area (Å²) < 4.78 is 0. The van der Waals surface area contributed by atoms with Gasteiger partial charge in [0.2, 0.25) is 0 Å². The van der Waals surface area contributed by atoms with E-state index in [0.29, 0.717) is 0 Å². The summed E-state index contributed by atoms with van der Waals surface area (Å²) in [5.74, 6) is 3.42. The molecule has 2 N–H and O–H groups in total. The Labute approximate surface area is 108 Å². The Morgan fingerprint density at radius 1 is 1.24 bits per heavy atom. The van der Waals surface area contributed by atoms with Crippen molar-refractivity contribution in [1.82, 2.24) is 0 Å². The van der Waals surface area contributed by atoms with Gasteiger partial charge in [0, 0.05) is 11.2 Å². The van der Waals surface area contributed by atoms with Gasteiger partial charge in [0.1, 0.15) is 5.54 Å². The van der Waals surface area contributed by atoms with E-state index in [1.54, 1.807) is 11.8 Å². The minimum Gasteiger partial charge on any atom is -0.312 e. The van der Waals surface area contributed by atoms with Gasteiger partial charge in [0.15, 0.2) is 0 Å². The summed E-state index contributed by atoms with van der Waals surface area (Å²) in [6, 6.07) is 2.49. The van der Waals surface area contributed by atoms with Crippen molar-refractivity contribution >= 4 is 11.8 Å². The van der Waals surface area contributed by atoms with Crippen molar-refractivity contribution in [1.29, 1.82) is 5.26 Å². The third-order valence-corrected chi connectivity index (χ3v) is 6.30. The largest absolute Gasteiger partial charge is 0.312 e. The molecule has 4 saturated carbocycles. The lowest BCUT2D eigenvalue weighted by atomic mass is 9.45. The number of nitrogens with zero attached hydrogens (tertiary/aromatic N) is 1. The smallest absolute Gasteiger partial charge is 0.119 e. The van der Waals surface area contributed by atoms with Gasteiger partial charge >= 0.3 is 0 Å². The molecule has 0 aromatic rings. The Kier molecular flexibility index (Phi) is 2.72. The number of hydrogen-bond acceptors (Lipinski definition) is 3. The predicted octanol–water partition coefficient (Wildman–Crippen LogP) is 2.79. The summed E-state index contributed by atoms with van der Waals surface area (Å²) in [5, 5.41) is 9.59. The van der Waals surface area contributed by atoms with Gasteiger partial charge in [-0.3, -0.25) is 0 Å². The Bertz CT molecular complexity index is 324. The van der Waals surface area contributed by atoms with E-state index in [1.165, 1.54) is 38.5 Å². The predicted molar refractivity (Wildman–Crippen MR) is 71.5 cm³/mol. The molecular formula is C14H22N2S. The number of rotatable bonds is 3. The van der Waals surface area contributed by atoms with E-state index in [1.807, 2.05) is 0 Å². The molecule has 0 aromatic heterocycles. The van der Waals surface area contributed by atoms with E-state index in [0.717, 1.165) is 23.5 Å². The fourth-order valence-electron chi connectivity index (χ4n) is 5.19. The summed E-state index contributed by atoms with van der Waals surface area (Å²) in [4.78, 5) is 0. The third kappa shape index (κ3) is 1.64. The van der Waals surface area contributed by atoms with Crippen LogP contribution in [0, 0.1) is 34.5 Å². The van der Waals surface area contributed by atoms with Crippen LogP contribution in [0.4, 0.5) is 0 Å². The van der Waals surface area contributed by atoms with E-state index in [9.17, 15) is 5.26 Å². The van der Waals surface area contributed by atoms with Gasteiger partial charge in [-0.1, -0.05) is 0 Å². The molecule has 0 amide bonds. The molecular weight excluding hydrogens is 228 g/mol. The Hall–Kier alpha value is -0.200. The van der Waals surface area contributed by atoms with Crippen LogP contribution >= 0.6 is 11.8 Å². The van der Waals surface area contributed by atoms with Gasteiger partial charge in [0.25, 0.3) is 0 Å². The molecule has 1 unspecified atom stereocenters. The highest BCUT2D eigenvalue weighted by atomic mass is 32.2. The number of thioether (sulfide) groups is 1. The molecule has 3 heteroatoms. The summed E-state index contributed by atoms with van der Waals surface area (Å²) in [6.45, 7) is 0. The van der Waals surface area contributed by atoms with Crippen molar-refractivity contribution in [3.05, 3.63) is 0 Å². The maximum absolute atomic E-state index is 9.59. The van der Waals surface area contributed by atoms with Gasteiger partial charge in [0.05, 0.1) is 6.07 Å². The molecule has 1 atom stereocenters. The van der Waals surface area contributed by atoms with E-state index >= 15 is 0 Å². The first-order valence-corrected chi connectivity index (χ1v) is 8.19. The SMILES string of the molecule is CSCC(N)(C#N)C12CC3CC(CC(C3)C1)C2. The van der Waals surface area contributed by atoms with Crippen molar-refractivity contribution in [2.45, 2.75) is 44.1 Å². The summed E-state index contributed by atoms with van der Waals surface area (Å²) in [7, 11) is 0. The lowest BCUT2D eigenvalue weighted by molar-refractivity contribution is -0.0782.